The second-order valence-electron chi connectivity index (χ2n) is 8.45. The number of nitrogens with one attached hydrogen (secondary N) is 1. The summed E-state index contributed by atoms with van der Waals surface area (Å²) in [6, 6.07) is 5.06. The van der Waals surface area contributed by atoms with Crippen molar-refractivity contribution in [2.45, 2.75) is 51.4 Å². The Morgan fingerprint density at radius 3 is 2.73 bits per heavy atom. The fourth-order valence-corrected chi connectivity index (χ4v) is 5.91. The van der Waals surface area contributed by atoms with Crippen LogP contribution in [0.3, 0.4) is 0 Å². The molecular formula is C23H34ClNO4S. The van der Waals surface area contributed by atoms with Crippen LogP contribution in [-0.4, -0.2) is 46.8 Å². The van der Waals surface area contributed by atoms with E-state index in [1.54, 1.807) is 18.2 Å². The molecule has 168 valence electrons. The third-order valence-corrected chi connectivity index (χ3v) is 7.97. The molecule has 1 unspecified atom stereocenters. The Bertz CT molecular complexity index is 677. The number of ether oxygens (including phenoxy) is 1. The van der Waals surface area contributed by atoms with Gasteiger partial charge in [-0.1, -0.05) is 55.9 Å². The summed E-state index contributed by atoms with van der Waals surface area (Å²) in [6.45, 7) is 1.06. The molecule has 2 aliphatic rings. The molecule has 1 amide bonds. The van der Waals surface area contributed by atoms with Gasteiger partial charge in [0, 0.05) is 19.6 Å². The molecule has 2 fully saturated rings. The molecule has 3 rings (SSSR count). The highest BCUT2D eigenvalue weighted by Crippen LogP contribution is 2.48. The quantitative estimate of drug-likeness (QED) is 0.516. The summed E-state index contributed by atoms with van der Waals surface area (Å²) < 4.78 is 17.4. The van der Waals surface area contributed by atoms with E-state index in [0.717, 1.165) is 5.92 Å². The normalized spacial score (nSPS) is 23.9. The fraction of sp³-hybridized carbons (Fsp3) is 0.652. The Labute approximate surface area is 189 Å². The van der Waals surface area contributed by atoms with Gasteiger partial charge in [-0.15, -0.1) is 0 Å². The third kappa shape index (κ3) is 7.04. The summed E-state index contributed by atoms with van der Waals surface area (Å²) in [6.07, 6.45) is 9.38. The van der Waals surface area contributed by atoms with Gasteiger partial charge in [0.25, 0.3) is 5.91 Å². The molecule has 0 saturated heterocycles. The third-order valence-electron chi connectivity index (χ3n) is 6.28. The molecule has 0 aromatic heterocycles. The second-order valence-corrected chi connectivity index (χ2v) is 10.6. The number of rotatable bonds is 10. The predicted octanol–water partition coefficient (Wildman–Crippen LogP) is 4.27. The Hall–Kier alpha value is -0.950. The number of hydrogen-bond acceptors (Lipinski definition) is 4. The molecule has 1 atom stereocenters. The van der Waals surface area contributed by atoms with Crippen LogP contribution in [0, 0.1) is 18.8 Å². The van der Waals surface area contributed by atoms with Crippen molar-refractivity contribution in [3.8, 4) is 5.75 Å². The van der Waals surface area contributed by atoms with Gasteiger partial charge < -0.3 is 19.7 Å². The van der Waals surface area contributed by atoms with E-state index in [9.17, 15) is 9.35 Å². The number of aliphatic hydroxyl groups is 1. The standard InChI is InChI=1S/C22H32ClNO4S.CH2/c23-20-7-6-18(28-11-13-29(27)12-3-10-25)14-19(20)21(26)24-16-22-8-1-4-17(15-22)5-2-9-22;/h6-7,14,17,25H,1-5,8-13,15-16H2,(H,24,26);1H2. The number of carbonyl (C=O) groups excluding carboxylic acids is 1. The first-order chi connectivity index (χ1) is 14.0. The van der Waals surface area contributed by atoms with E-state index in [-0.39, 0.29) is 25.4 Å². The van der Waals surface area contributed by atoms with Crippen LogP contribution < -0.4 is 10.1 Å². The lowest BCUT2D eigenvalue weighted by Crippen LogP contribution is -2.43. The van der Waals surface area contributed by atoms with Crippen LogP contribution >= 0.6 is 11.6 Å². The van der Waals surface area contributed by atoms with Gasteiger partial charge in [0.05, 0.1) is 10.6 Å². The molecule has 2 N–H and O–H groups in total. The minimum absolute atomic E-state index is 0. The molecule has 7 heteroatoms. The summed E-state index contributed by atoms with van der Waals surface area (Å²) in [4.78, 5) is 12.8. The van der Waals surface area contributed by atoms with Gasteiger partial charge in [0.2, 0.25) is 0 Å². The van der Waals surface area contributed by atoms with Crippen molar-refractivity contribution >= 4 is 28.7 Å². The number of halogens is 1. The molecule has 1 aromatic carbocycles. The van der Waals surface area contributed by atoms with Crippen LogP contribution in [-0.2, 0) is 11.2 Å². The van der Waals surface area contributed by atoms with Gasteiger partial charge in [-0.3, -0.25) is 4.79 Å². The number of amides is 1. The topological polar surface area (TPSA) is 81.6 Å². The molecule has 2 bridgehead atoms. The number of benzene rings is 1. The lowest BCUT2D eigenvalue weighted by molar-refractivity contribution is 0.0681. The Morgan fingerprint density at radius 1 is 1.30 bits per heavy atom. The van der Waals surface area contributed by atoms with E-state index < -0.39 is 11.2 Å². The van der Waals surface area contributed by atoms with Crippen molar-refractivity contribution in [3.63, 3.8) is 0 Å². The van der Waals surface area contributed by atoms with E-state index in [1.165, 1.54) is 44.9 Å². The van der Waals surface area contributed by atoms with Gasteiger partial charge in [-0.05, 0) is 48.8 Å². The molecule has 0 spiro atoms. The molecule has 5 nitrogen and oxygen atoms in total. The van der Waals surface area contributed by atoms with Crippen molar-refractivity contribution in [2.75, 3.05) is 31.3 Å². The van der Waals surface area contributed by atoms with Crippen LogP contribution in [0.2, 0.25) is 5.02 Å². The zero-order valence-corrected chi connectivity index (χ0v) is 19.2. The molecule has 2 radical (unpaired) electrons. The molecule has 1 aromatic rings. The maximum Gasteiger partial charge on any atom is 0.252 e. The highest BCUT2D eigenvalue weighted by atomic mass is 35.5. The first-order valence-corrected chi connectivity index (χ1v) is 12.5. The van der Waals surface area contributed by atoms with Crippen molar-refractivity contribution < 1.29 is 19.2 Å². The zero-order chi connectivity index (χ0) is 20.7. The molecule has 2 aliphatic carbocycles. The van der Waals surface area contributed by atoms with Crippen molar-refractivity contribution in [1.29, 1.82) is 0 Å². The maximum absolute atomic E-state index is 12.8. The number of carbonyl (C=O) groups is 1. The average molecular weight is 456 g/mol. The van der Waals surface area contributed by atoms with Crippen LogP contribution in [0.5, 0.6) is 5.75 Å². The molecule has 0 aliphatic heterocycles. The number of fused-ring (bicyclic) bond motifs is 2. The van der Waals surface area contributed by atoms with Gasteiger partial charge in [-0.2, -0.15) is 0 Å². The van der Waals surface area contributed by atoms with Crippen LogP contribution in [0.25, 0.3) is 0 Å². The predicted molar refractivity (Wildman–Crippen MR) is 122 cm³/mol. The monoisotopic (exact) mass is 455 g/mol. The van der Waals surface area contributed by atoms with Gasteiger partial charge in [-0.25, -0.2) is 0 Å². The van der Waals surface area contributed by atoms with Crippen molar-refractivity contribution in [2.24, 2.45) is 11.3 Å². The summed E-state index contributed by atoms with van der Waals surface area (Å²) in [5, 5.41) is 12.3. The lowest BCUT2D eigenvalue weighted by atomic mass is 9.62. The summed E-state index contributed by atoms with van der Waals surface area (Å²) in [7, 11) is 0. The average Bonchev–Trinajstić information content (AvgIpc) is 2.72. The second kappa shape index (κ2) is 12.2. The Balaban J connectivity index is 0.00000320. The highest BCUT2D eigenvalue weighted by Gasteiger charge is 2.39. The zero-order valence-electron chi connectivity index (χ0n) is 17.7. The highest BCUT2D eigenvalue weighted by molar-refractivity contribution is 7.91. The molecular weight excluding hydrogens is 422 g/mol. The van der Waals surface area contributed by atoms with Crippen LogP contribution in [0.1, 0.15) is 61.7 Å². The minimum atomic E-state index is -1.01. The van der Waals surface area contributed by atoms with Gasteiger partial charge in [0.1, 0.15) is 23.9 Å². The Morgan fingerprint density at radius 2 is 2.03 bits per heavy atom. The SMILES string of the molecule is O=C(NCC12CCCC(CCC1)C2)c1cc(OCC[S+]([O-])CCCO)ccc1Cl.[CH2]. The molecule has 30 heavy (non-hydrogen) atoms. The smallest absolute Gasteiger partial charge is 0.252 e. The summed E-state index contributed by atoms with van der Waals surface area (Å²) in [5.74, 6) is 2.09. The Kier molecular flexibility index (Phi) is 10.3. The summed E-state index contributed by atoms with van der Waals surface area (Å²) >= 11 is 5.26. The lowest BCUT2D eigenvalue weighted by Gasteiger charge is -2.45. The van der Waals surface area contributed by atoms with Crippen molar-refractivity contribution in [3.05, 3.63) is 36.2 Å². The molecule has 2 saturated carbocycles. The van der Waals surface area contributed by atoms with Gasteiger partial charge >= 0.3 is 0 Å². The van der Waals surface area contributed by atoms with E-state index in [1.807, 2.05) is 0 Å². The maximum atomic E-state index is 12.8. The largest absolute Gasteiger partial charge is 0.616 e. The van der Waals surface area contributed by atoms with E-state index in [4.69, 9.17) is 21.4 Å². The van der Waals surface area contributed by atoms with Crippen LogP contribution in [0.4, 0.5) is 0 Å². The summed E-state index contributed by atoms with van der Waals surface area (Å²) in [5.41, 5.74) is 0.681. The molecule has 0 heterocycles. The van der Waals surface area contributed by atoms with Crippen LogP contribution in [0.15, 0.2) is 18.2 Å². The first-order valence-electron chi connectivity index (χ1n) is 10.7. The minimum Gasteiger partial charge on any atom is -0.616 e. The van der Waals surface area contributed by atoms with Crippen molar-refractivity contribution in [1.82, 2.24) is 5.32 Å². The van der Waals surface area contributed by atoms with Gasteiger partial charge in [0.15, 0.2) is 0 Å². The first kappa shape index (κ1) is 25.3. The number of hydrogen-bond donors (Lipinski definition) is 2. The number of aliphatic hydroxyl groups excluding tert-OH is 1. The van der Waals surface area contributed by atoms with E-state index in [2.05, 4.69) is 5.32 Å². The van der Waals surface area contributed by atoms with E-state index in [0.29, 0.717) is 47.4 Å². The fourth-order valence-electron chi connectivity index (χ4n) is 4.78. The van der Waals surface area contributed by atoms with E-state index >= 15 is 0 Å².